The largest absolute Gasteiger partial charge is 0.506 e. The number of carboxylic acid groups (broad SMARTS) is 1. The molecule has 13 nitrogen and oxygen atoms in total. The summed E-state index contributed by atoms with van der Waals surface area (Å²) in [6, 6.07) is 15.0. The van der Waals surface area contributed by atoms with Gasteiger partial charge in [0, 0.05) is 47.4 Å². The van der Waals surface area contributed by atoms with Gasteiger partial charge in [0.15, 0.2) is 6.04 Å². The zero-order valence-electron chi connectivity index (χ0n) is 28.2. The Balaban J connectivity index is 1.43. The zero-order chi connectivity index (χ0) is 36.4. The number of benzene rings is 3. The number of carbonyl (C=O) groups excluding carboxylic acids is 3. The Morgan fingerprint density at radius 3 is 2.28 bits per heavy atom. The number of carboxylic acids is 1. The third kappa shape index (κ3) is 10.3. The van der Waals surface area contributed by atoms with Gasteiger partial charge in [-0.25, -0.2) is 9.78 Å². The van der Waals surface area contributed by atoms with Gasteiger partial charge in [-0.1, -0.05) is 18.2 Å². The van der Waals surface area contributed by atoms with Crippen molar-refractivity contribution in [3.8, 4) is 11.5 Å². The Kier molecular flexibility index (Phi) is 12.9. The number of nitrogens with one attached hydrogen (secondary N) is 3. The topological polar surface area (TPSA) is 190 Å². The molecule has 3 amide bonds. The minimum Gasteiger partial charge on any atom is -0.506 e. The molecule has 4 aromatic rings. The van der Waals surface area contributed by atoms with Crippen molar-refractivity contribution in [3.63, 3.8) is 0 Å². The maximum Gasteiger partial charge on any atom is 0.328 e. The van der Waals surface area contributed by atoms with Crippen LogP contribution in [0.15, 0.2) is 66.0 Å². The molecule has 6 N–H and O–H groups in total. The summed E-state index contributed by atoms with van der Waals surface area (Å²) in [5.74, 6) is -2.50. The van der Waals surface area contributed by atoms with E-state index in [1.54, 1.807) is 26.3 Å². The number of ether oxygens (including phenoxy) is 1. The number of methoxy groups -OCH3 is 1. The second-order valence-electron chi connectivity index (χ2n) is 11.9. The first kappa shape index (κ1) is 37.4. The number of aromatic nitrogens is 1. The van der Waals surface area contributed by atoms with E-state index in [-0.39, 0.29) is 35.0 Å². The van der Waals surface area contributed by atoms with Gasteiger partial charge < -0.3 is 40.9 Å². The Bertz CT molecular complexity index is 1840. The average molecular weight is 704 g/mol. The molecule has 0 fully saturated rings. The summed E-state index contributed by atoms with van der Waals surface area (Å²) < 4.78 is 5.26. The summed E-state index contributed by atoms with van der Waals surface area (Å²) in [7, 11) is 3.18. The first-order valence-electron chi connectivity index (χ1n) is 15.8. The number of hydrogen-bond donors (Lipinski definition) is 6. The third-order valence-electron chi connectivity index (χ3n) is 7.80. The van der Waals surface area contributed by atoms with Crippen LogP contribution in [-0.4, -0.2) is 81.7 Å². The number of aromatic hydroxyl groups is 1. The highest BCUT2D eigenvalue weighted by Crippen LogP contribution is 2.26. The minimum atomic E-state index is -1.58. The fourth-order valence-corrected chi connectivity index (χ4v) is 5.86. The van der Waals surface area contributed by atoms with Crippen molar-refractivity contribution in [1.29, 1.82) is 0 Å². The monoisotopic (exact) mass is 703 g/mol. The summed E-state index contributed by atoms with van der Waals surface area (Å²) in [5, 5.41) is 40.2. The molecule has 4 rings (SSSR count). The molecule has 2 atom stereocenters. The maximum atomic E-state index is 13.4. The summed E-state index contributed by atoms with van der Waals surface area (Å²) in [6.07, 6.45) is 1.05. The Morgan fingerprint density at radius 2 is 1.66 bits per heavy atom. The molecule has 1 heterocycles. The van der Waals surface area contributed by atoms with Crippen molar-refractivity contribution < 1.29 is 39.2 Å². The number of hydrogen-bond acceptors (Lipinski definition) is 10. The van der Waals surface area contributed by atoms with Crippen LogP contribution in [0.2, 0.25) is 0 Å². The molecule has 0 aliphatic heterocycles. The lowest BCUT2D eigenvalue weighted by molar-refractivity contribution is -0.140. The minimum absolute atomic E-state index is 0.0197. The van der Waals surface area contributed by atoms with E-state index in [0.717, 1.165) is 22.6 Å². The smallest absolute Gasteiger partial charge is 0.328 e. The molecular weight excluding hydrogens is 662 g/mol. The van der Waals surface area contributed by atoms with Gasteiger partial charge in [-0.3, -0.25) is 14.4 Å². The Hall–Kier alpha value is -5.47. The molecule has 0 aliphatic rings. The second kappa shape index (κ2) is 17.3. The molecular formula is C36H41N5O8S. The molecule has 0 saturated heterocycles. The predicted molar refractivity (Wildman–Crippen MR) is 189 cm³/mol. The van der Waals surface area contributed by atoms with Crippen LogP contribution in [0.3, 0.4) is 0 Å². The fraction of sp³-hybridized carbons (Fsp3) is 0.306. The number of phenolic OH excluding ortho intramolecular Hbond substituents is 1. The zero-order valence-corrected chi connectivity index (χ0v) is 29.0. The van der Waals surface area contributed by atoms with Crippen molar-refractivity contribution >= 4 is 40.7 Å². The van der Waals surface area contributed by atoms with E-state index < -0.39 is 36.3 Å². The summed E-state index contributed by atoms with van der Waals surface area (Å²) in [4.78, 5) is 57.1. The van der Waals surface area contributed by atoms with E-state index in [4.69, 9.17) is 4.74 Å². The van der Waals surface area contributed by atoms with Gasteiger partial charge >= 0.3 is 5.97 Å². The molecule has 0 aliphatic carbocycles. The molecule has 0 saturated carbocycles. The van der Waals surface area contributed by atoms with E-state index in [1.807, 2.05) is 49.6 Å². The number of amides is 3. The van der Waals surface area contributed by atoms with Gasteiger partial charge in [-0.15, -0.1) is 11.3 Å². The van der Waals surface area contributed by atoms with Crippen LogP contribution in [0.5, 0.6) is 11.5 Å². The summed E-state index contributed by atoms with van der Waals surface area (Å²) in [5.41, 5.74) is 3.19. The van der Waals surface area contributed by atoms with Gasteiger partial charge in [-0.05, 0) is 80.3 Å². The predicted octanol–water partition coefficient (Wildman–Crippen LogP) is 3.98. The van der Waals surface area contributed by atoms with Gasteiger partial charge in [0.1, 0.15) is 16.5 Å². The van der Waals surface area contributed by atoms with Gasteiger partial charge in [0.25, 0.3) is 17.7 Å². The maximum absolute atomic E-state index is 13.4. The number of aliphatic carboxylic acids is 1. The lowest BCUT2D eigenvalue weighted by Gasteiger charge is -2.19. The number of aryl methyl sites for hydroxylation is 2. The Morgan fingerprint density at radius 1 is 0.960 bits per heavy atom. The van der Waals surface area contributed by atoms with E-state index in [9.17, 15) is 34.5 Å². The molecule has 14 heteroatoms. The van der Waals surface area contributed by atoms with Crippen molar-refractivity contribution in [1.82, 2.24) is 20.5 Å². The van der Waals surface area contributed by atoms with Gasteiger partial charge in [0.05, 0.1) is 25.9 Å². The summed E-state index contributed by atoms with van der Waals surface area (Å²) >= 11 is 1.40. The van der Waals surface area contributed by atoms with Crippen LogP contribution >= 0.6 is 11.3 Å². The number of carbonyl (C=O) groups is 4. The highest BCUT2D eigenvalue weighted by Gasteiger charge is 2.24. The average Bonchev–Trinajstić information content (AvgIpc) is 3.52. The second-order valence-corrected chi connectivity index (χ2v) is 12.8. The number of anilines is 1. The van der Waals surface area contributed by atoms with E-state index in [0.29, 0.717) is 30.1 Å². The first-order chi connectivity index (χ1) is 23.9. The number of thiazole rings is 1. The van der Waals surface area contributed by atoms with Crippen molar-refractivity contribution in [2.75, 3.05) is 26.1 Å². The number of nitrogens with zero attached hydrogens (tertiary/aromatic N) is 2. The summed E-state index contributed by atoms with van der Waals surface area (Å²) in [6.45, 7) is 3.50. The molecule has 1 aromatic heterocycles. The normalized spacial score (nSPS) is 12.0. The van der Waals surface area contributed by atoms with Gasteiger partial charge in [-0.2, -0.15) is 0 Å². The molecule has 0 spiro atoms. The van der Waals surface area contributed by atoms with Gasteiger partial charge in [0.2, 0.25) is 0 Å². The molecule has 0 radical (unpaired) electrons. The van der Waals surface area contributed by atoms with E-state index in [1.165, 1.54) is 34.4 Å². The van der Waals surface area contributed by atoms with Crippen LogP contribution < -0.4 is 20.7 Å². The van der Waals surface area contributed by atoms with Crippen molar-refractivity contribution in [2.45, 2.75) is 51.9 Å². The molecule has 50 heavy (non-hydrogen) atoms. The standard InChI is InChI=1S/C36H41N5O8S/c1-21(8-9-23-10-11-29(31(43)13-23)37-17-24-6-5-7-28(12-24)49-4)39-33(44)25-14-26(34(45)40-30(19-42)36(47)48)16-27(15-25)35(46)41(3)18-32-38-22(2)20-50-32/h5-7,10-16,20-21,30,37,42-43H,8-9,17-19H2,1-4H3,(H,39,44)(H,40,45)(H,47,48)/t21?,30-/m0/s1. The van der Waals surface area contributed by atoms with Crippen LogP contribution in [0.1, 0.15) is 66.2 Å². The quantitative estimate of drug-likeness (QED) is 0.0932. The molecule has 264 valence electrons. The van der Waals surface area contributed by atoms with E-state index in [2.05, 4.69) is 20.9 Å². The van der Waals surface area contributed by atoms with Crippen molar-refractivity contribution in [3.05, 3.63) is 105 Å². The van der Waals surface area contributed by atoms with Crippen LogP contribution in [0.25, 0.3) is 0 Å². The number of aliphatic hydroxyl groups is 1. The number of phenols is 1. The van der Waals surface area contributed by atoms with Crippen LogP contribution in [0.4, 0.5) is 5.69 Å². The third-order valence-corrected chi connectivity index (χ3v) is 8.75. The Labute approximate surface area is 293 Å². The lowest BCUT2D eigenvalue weighted by Crippen LogP contribution is -2.43. The fourth-order valence-electron chi connectivity index (χ4n) is 5.04. The number of aliphatic hydroxyl groups excluding tert-OH is 1. The number of rotatable bonds is 16. The van der Waals surface area contributed by atoms with Crippen molar-refractivity contribution in [2.24, 2.45) is 0 Å². The van der Waals surface area contributed by atoms with E-state index >= 15 is 0 Å². The lowest BCUT2D eigenvalue weighted by atomic mass is 10.0. The molecule has 1 unspecified atom stereocenters. The highest BCUT2D eigenvalue weighted by atomic mass is 32.1. The van der Waals surface area contributed by atoms with Crippen LogP contribution in [0, 0.1) is 6.92 Å². The van der Waals surface area contributed by atoms with Crippen LogP contribution in [-0.2, 0) is 24.3 Å². The highest BCUT2D eigenvalue weighted by molar-refractivity contribution is 7.09. The molecule has 3 aromatic carbocycles. The SMILES string of the molecule is COc1cccc(CNc2ccc(CCC(C)NC(=O)c3cc(C(=O)N[C@@H](CO)C(=O)O)cc(C(=O)N(C)Cc4nc(C)cs4)c3)cc2O)c1. The molecule has 0 bridgehead atoms. The first-order valence-corrected chi connectivity index (χ1v) is 16.7.